The summed E-state index contributed by atoms with van der Waals surface area (Å²) >= 11 is 5.93. The van der Waals surface area contributed by atoms with Crippen molar-refractivity contribution in [3.63, 3.8) is 0 Å². The van der Waals surface area contributed by atoms with Crippen molar-refractivity contribution in [1.29, 1.82) is 0 Å². The van der Waals surface area contributed by atoms with Crippen molar-refractivity contribution >= 4 is 41.2 Å². The second-order valence-corrected chi connectivity index (χ2v) is 10.3. The number of nitrogens with one attached hydrogen (secondary N) is 2. The first-order chi connectivity index (χ1) is 18.5. The molecule has 3 aliphatic rings. The van der Waals surface area contributed by atoms with E-state index in [-0.39, 0.29) is 10.9 Å². The number of anilines is 2. The SMILES string of the molecule is COC1C=c2ncnc(Nc3ccc(F)c(Cl)c3)c2=CC1NC(=O)/C=C/CN1CCOCC2CCCCC21. The van der Waals surface area contributed by atoms with Crippen molar-refractivity contribution in [3.8, 4) is 0 Å². The van der Waals surface area contributed by atoms with Crippen LogP contribution in [0.2, 0.25) is 5.02 Å². The first-order valence-electron chi connectivity index (χ1n) is 13.1. The summed E-state index contributed by atoms with van der Waals surface area (Å²) in [5.41, 5.74) is 0.585. The van der Waals surface area contributed by atoms with Crippen molar-refractivity contribution in [2.45, 2.75) is 43.9 Å². The zero-order valence-electron chi connectivity index (χ0n) is 21.4. The van der Waals surface area contributed by atoms with Crippen molar-refractivity contribution in [1.82, 2.24) is 20.2 Å². The number of fused-ring (bicyclic) bond motifs is 2. The second-order valence-electron chi connectivity index (χ2n) is 9.93. The van der Waals surface area contributed by atoms with Gasteiger partial charge in [0, 0.05) is 43.2 Å². The fourth-order valence-electron chi connectivity index (χ4n) is 5.57. The predicted octanol–water partition coefficient (Wildman–Crippen LogP) is 2.53. The van der Waals surface area contributed by atoms with Gasteiger partial charge in [-0.3, -0.25) is 9.69 Å². The lowest BCUT2D eigenvalue weighted by molar-refractivity contribution is -0.117. The Hall–Kier alpha value is -2.85. The third-order valence-electron chi connectivity index (χ3n) is 7.50. The maximum atomic E-state index is 13.6. The van der Waals surface area contributed by atoms with Gasteiger partial charge in [0.2, 0.25) is 5.91 Å². The third kappa shape index (κ3) is 6.23. The van der Waals surface area contributed by atoms with Gasteiger partial charge in [-0.25, -0.2) is 14.4 Å². The lowest BCUT2D eigenvalue weighted by atomic mass is 9.84. The standard InChI is InChI=1S/C28H33ClFN5O3/c1-37-26-15-23-20(28(32-17-31-23)33-19-8-9-22(30)21(29)13-19)14-24(26)34-27(36)7-4-10-35-11-12-38-16-18-5-2-3-6-25(18)35/h4,7-9,13-15,17-18,24-26H,2-3,5-6,10-12,16H2,1H3,(H,34,36)(H,31,32,33)/b7-4+. The number of carbonyl (C=O) groups is 1. The first-order valence-corrected chi connectivity index (χ1v) is 13.5. The van der Waals surface area contributed by atoms with Crippen LogP contribution in [0, 0.1) is 11.7 Å². The molecule has 4 unspecified atom stereocenters. The van der Waals surface area contributed by atoms with E-state index >= 15 is 0 Å². The number of hydrogen-bond acceptors (Lipinski definition) is 7. The largest absolute Gasteiger partial charge is 0.380 e. The molecule has 0 spiro atoms. The fraction of sp³-hybridized carbons (Fsp3) is 0.464. The average molecular weight is 542 g/mol. The summed E-state index contributed by atoms with van der Waals surface area (Å²) in [6, 6.07) is 4.46. The van der Waals surface area contributed by atoms with Gasteiger partial charge in [0.15, 0.2) is 0 Å². The molecule has 1 aromatic carbocycles. The molecule has 2 heterocycles. The molecule has 4 atom stereocenters. The summed E-state index contributed by atoms with van der Waals surface area (Å²) in [7, 11) is 1.60. The molecule has 1 aromatic heterocycles. The van der Waals surface area contributed by atoms with E-state index in [1.807, 2.05) is 18.2 Å². The van der Waals surface area contributed by atoms with E-state index < -0.39 is 18.0 Å². The smallest absolute Gasteiger partial charge is 0.244 e. The summed E-state index contributed by atoms with van der Waals surface area (Å²) in [5, 5.41) is 7.61. The van der Waals surface area contributed by atoms with Gasteiger partial charge in [-0.2, -0.15) is 0 Å². The molecule has 2 N–H and O–H groups in total. The molecule has 0 radical (unpaired) electrons. The lowest BCUT2D eigenvalue weighted by Gasteiger charge is -2.36. The van der Waals surface area contributed by atoms with Crippen molar-refractivity contribution in [3.05, 3.63) is 58.1 Å². The Morgan fingerprint density at radius 1 is 1.29 bits per heavy atom. The fourth-order valence-corrected chi connectivity index (χ4v) is 5.75. The lowest BCUT2D eigenvalue weighted by Crippen LogP contribution is -2.49. The molecule has 2 aromatic rings. The number of methoxy groups -OCH3 is 1. The van der Waals surface area contributed by atoms with E-state index in [9.17, 15) is 9.18 Å². The van der Waals surface area contributed by atoms with Gasteiger partial charge in [0.05, 0.1) is 29.6 Å². The minimum absolute atomic E-state index is 0.0107. The average Bonchev–Trinajstić information content (AvgIpc) is 3.13. The third-order valence-corrected chi connectivity index (χ3v) is 7.79. The van der Waals surface area contributed by atoms with Crippen LogP contribution in [0.5, 0.6) is 0 Å². The van der Waals surface area contributed by atoms with Crippen LogP contribution in [0.1, 0.15) is 25.7 Å². The van der Waals surface area contributed by atoms with Crippen LogP contribution in [-0.2, 0) is 14.3 Å². The molecule has 8 nitrogen and oxygen atoms in total. The zero-order chi connectivity index (χ0) is 26.5. The van der Waals surface area contributed by atoms with Crippen LogP contribution >= 0.6 is 11.6 Å². The van der Waals surface area contributed by atoms with E-state index in [0.717, 1.165) is 26.3 Å². The van der Waals surface area contributed by atoms with E-state index in [4.69, 9.17) is 21.1 Å². The van der Waals surface area contributed by atoms with Crippen LogP contribution in [-0.4, -0.2) is 72.4 Å². The summed E-state index contributed by atoms with van der Waals surface area (Å²) in [6.07, 6.45) is 13.2. The monoisotopic (exact) mass is 541 g/mol. The van der Waals surface area contributed by atoms with E-state index in [0.29, 0.717) is 34.0 Å². The molecule has 38 heavy (non-hydrogen) atoms. The zero-order valence-corrected chi connectivity index (χ0v) is 22.2. The van der Waals surface area contributed by atoms with Crippen molar-refractivity contribution in [2.24, 2.45) is 5.92 Å². The highest BCUT2D eigenvalue weighted by Gasteiger charge is 2.31. The van der Waals surface area contributed by atoms with Crippen molar-refractivity contribution < 1.29 is 18.7 Å². The van der Waals surface area contributed by atoms with E-state index in [1.54, 1.807) is 19.3 Å². The highest BCUT2D eigenvalue weighted by atomic mass is 35.5. The number of rotatable bonds is 7. The molecule has 2 fully saturated rings. The Balaban J connectivity index is 1.29. The molecule has 10 heteroatoms. The quantitative estimate of drug-likeness (QED) is 0.521. The van der Waals surface area contributed by atoms with Gasteiger partial charge in [-0.05, 0) is 49.1 Å². The highest BCUT2D eigenvalue weighted by molar-refractivity contribution is 6.31. The normalized spacial score (nSPS) is 25.4. The van der Waals surface area contributed by atoms with Crippen LogP contribution < -0.4 is 21.2 Å². The summed E-state index contributed by atoms with van der Waals surface area (Å²) in [6.45, 7) is 3.18. The Bertz CT molecular complexity index is 1310. The van der Waals surface area contributed by atoms with Gasteiger partial charge in [0.1, 0.15) is 24.1 Å². The summed E-state index contributed by atoms with van der Waals surface area (Å²) < 4.78 is 25.0. The highest BCUT2D eigenvalue weighted by Crippen LogP contribution is 2.30. The van der Waals surface area contributed by atoms with Crippen LogP contribution in [0.3, 0.4) is 0 Å². The summed E-state index contributed by atoms with van der Waals surface area (Å²) in [5.74, 6) is 0.402. The van der Waals surface area contributed by atoms with Gasteiger partial charge in [-0.1, -0.05) is 30.5 Å². The van der Waals surface area contributed by atoms with Crippen LogP contribution in [0.15, 0.2) is 36.7 Å². The number of ether oxygens (including phenoxy) is 2. The predicted molar refractivity (Wildman–Crippen MR) is 145 cm³/mol. The maximum Gasteiger partial charge on any atom is 0.244 e. The Morgan fingerprint density at radius 3 is 3.00 bits per heavy atom. The molecular weight excluding hydrogens is 509 g/mol. The van der Waals surface area contributed by atoms with Gasteiger partial charge >= 0.3 is 0 Å². The summed E-state index contributed by atoms with van der Waals surface area (Å²) in [4.78, 5) is 24.1. The van der Waals surface area contributed by atoms with Crippen LogP contribution in [0.25, 0.3) is 12.2 Å². The van der Waals surface area contributed by atoms with E-state index in [2.05, 4.69) is 25.5 Å². The minimum Gasteiger partial charge on any atom is -0.380 e. The number of hydrogen-bond donors (Lipinski definition) is 2. The van der Waals surface area contributed by atoms with Crippen molar-refractivity contribution in [2.75, 3.05) is 38.7 Å². The Morgan fingerprint density at radius 2 is 2.16 bits per heavy atom. The molecule has 202 valence electrons. The van der Waals surface area contributed by atoms with Gasteiger partial charge in [0.25, 0.3) is 0 Å². The Kier molecular flexibility index (Phi) is 8.68. The van der Waals surface area contributed by atoms with Crippen LogP contribution in [0.4, 0.5) is 15.9 Å². The Labute approximate surface area is 226 Å². The molecule has 5 rings (SSSR count). The van der Waals surface area contributed by atoms with E-state index in [1.165, 1.54) is 44.1 Å². The first kappa shape index (κ1) is 26.7. The molecule has 1 saturated carbocycles. The molecule has 1 amide bonds. The number of aromatic nitrogens is 2. The number of amides is 1. The number of benzene rings is 1. The molecule has 1 saturated heterocycles. The minimum atomic E-state index is -0.497. The second kappa shape index (κ2) is 12.3. The molecule has 0 bridgehead atoms. The number of nitrogens with zero attached hydrogens (tertiary/aromatic N) is 3. The molecular formula is C28H33ClFN5O3. The maximum absolute atomic E-state index is 13.6. The number of halogens is 2. The number of carbonyl (C=O) groups excluding carboxylic acids is 1. The molecule has 1 aliphatic heterocycles. The van der Waals surface area contributed by atoms with Gasteiger partial charge < -0.3 is 20.1 Å². The van der Waals surface area contributed by atoms with Gasteiger partial charge in [-0.15, -0.1) is 0 Å². The topological polar surface area (TPSA) is 88.6 Å². The molecule has 2 aliphatic carbocycles.